The smallest absolute Gasteiger partial charge is 0.151 e. The van der Waals surface area contributed by atoms with E-state index in [0.29, 0.717) is 5.41 Å². The van der Waals surface area contributed by atoms with E-state index in [4.69, 9.17) is 5.73 Å². The predicted molar refractivity (Wildman–Crippen MR) is 85.4 cm³/mol. The van der Waals surface area contributed by atoms with Crippen LogP contribution in [0.2, 0.25) is 0 Å². The van der Waals surface area contributed by atoms with Crippen LogP contribution in [0.5, 0.6) is 0 Å². The highest BCUT2D eigenvalue weighted by molar-refractivity contribution is 9.10. The highest BCUT2D eigenvalue weighted by Crippen LogP contribution is 2.35. The molecule has 4 heteroatoms. The number of halogens is 1. The normalized spacial score (nSPS) is 21.3. The van der Waals surface area contributed by atoms with Gasteiger partial charge in [0.2, 0.25) is 0 Å². The van der Waals surface area contributed by atoms with E-state index in [1.54, 1.807) is 0 Å². The van der Waals surface area contributed by atoms with Gasteiger partial charge in [-0.2, -0.15) is 0 Å². The number of hydrogen-bond donors (Lipinski definition) is 1. The molecule has 0 bridgehead atoms. The Morgan fingerprint density at radius 3 is 2.68 bits per heavy atom. The van der Waals surface area contributed by atoms with E-state index in [1.165, 1.54) is 19.3 Å². The second-order valence-corrected chi connectivity index (χ2v) is 7.46. The van der Waals surface area contributed by atoms with E-state index in [1.807, 2.05) is 12.3 Å². The lowest BCUT2D eigenvalue weighted by molar-refractivity contribution is 0.220. The quantitative estimate of drug-likeness (QED) is 0.845. The number of nitrogen functional groups attached to an aromatic ring is 1. The summed E-state index contributed by atoms with van der Waals surface area (Å²) in [6, 6.07) is 1.94. The molecule has 0 saturated carbocycles. The van der Waals surface area contributed by atoms with Crippen molar-refractivity contribution in [3.05, 3.63) is 16.7 Å². The minimum absolute atomic E-state index is 0.398. The van der Waals surface area contributed by atoms with Crippen molar-refractivity contribution in [3.8, 4) is 0 Å². The van der Waals surface area contributed by atoms with Crippen molar-refractivity contribution in [1.29, 1.82) is 0 Å². The van der Waals surface area contributed by atoms with Crippen LogP contribution in [0.15, 0.2) is 16.7 Å². The standard InChI is InChI=1S/C15H24BrN3/c1-15(2,3)11-5-4-7-19(8-6-11)14-13(17)9-12(16)10-18-14/h9-11H,4-8,17H2,1-3H3. The molecule has 1 aliphatic rings. The second-order valence-electron chi connectivity index (χ2n) is 6.55. The summed E-state index contributed by atoms with van der Waals surface area (Å²) in [7, 11) is 0. The molecule has 1 saturated heterocycles. The van der Waals surface area contributed by atoms with Crippen LogP contribution in [0.3, 0.4) is 0 Å². The molecule has 1 aliphatic heterocycles. The Bertz CT molecular complexity index is 440. The third-order valence-electron chi connectivity index (χ3n) is 4.11. The minimum Gasteiger partial charge on any atom is -0.396 e. The number of nitrogens with two attached hydrogens (primary N) is 1. The van der Waals surface area contributed by atoms with E-state index >= 15 is 0 Å². The van der Waals surface area contributed by atoms with Gasteiger partial charge < -0.3 is 10.6 Å². The van der Waals surface area contributed by atoms with Crippen LogP contribution in [0, 0.1) is 11.3 Å². The van der Waals surface area contributed by atoms with Gasteiger partial charge >= 0.3 is 0 Å². The van der Waals surface area contributed by atoms with E-state index in [9.17, 15) is 0 Å². The van der Waals surface area contributed by atoms with E-state index < -0.39 is 0 Å². The lowest BCUT2D eigenvalue weighted by atomic mass is 9.77. The second kappa shape index (κ2) is 5.70. The van der Waals surface area contributed by atoms with Crippen LogP contribution in [-0.2, 0) is 0 Å². The van der Waals surface area contributed by atoms with Crippen molar-refractivity contribution in [2.75, 3.05) is 23.7 Å². The van der Waals surface area contributed by atoms with Crippen LogP contribution >= 0.6 is 15.9 Å². The van der Waals surface area contributed by atoms with Crippen LogP contribution in [-0.4, -0.2) is 18.1 Å². The Hall–Kier alpha value is -0.770. The van der Waals surface area contributed by atoms with Gasteiger partial charge in [0.1, 0.15) is 0 Å². The minimum atomic E-state index is 0.398. The Morgan fingerprint density at radius 2 is 2.05 bits per heavy atom. The van der Waals surface area contributed by atoms with Crippen molar-refractivity contribution in [2.24, 2.45) is 11.3 Å². The molecule has 3 nitrogen and oxygen atoms in total. The molecule has 2 rings (SSSR count). The molecular weight excluding hydrogens is 302 g/mol. The topological polar surface area (TPSA) is 42.2 Å². The molecule has 0 spiro atoms. The van der Waals surface area contributed by atoms with E-state index in [-0.39, 0.29) is 0 Å². The zero-order valence-corrected chi connectivity index (χ0v) is 13.7. The lowest BCUT2D eigenvalue weighted by Gasteiger charge is -2.30. The molecule has 106 valence electrons. The van der Waals surface area contributed by atoms with E-state index in [0.717, 1.165) is 35.0 Å². The first-order valence-corrected chi connectivity index (χ1v) is 7.83. The van der Waals surface area contributed by atoms with Gasteiger partial charge in [-0.15, -0.1) is 0 Å². The summed E-state index contributed by atoms with van der Waals surface area (Å²) < 4.78 is 0.941. The average Bonchev–Trinajstić information content (AvgIpc) is 2.54. The van der Waals surface area contributed by atoms with Crippen molar-refractivity contribution < 1.29 is 0 Å². The number of hydrogen-bond acceptors (Lipinski definition) is 3. The maximum atomic E-state index is 6.09. The average molecular weight is 326 g/mol. The van der Waals surface area contributed by atoms with Gasteiger partial charge in [0, 0.05) is 23.8 Å². The molecule has 2 N–H and O–H groups in total. The summed E-state index contributed by atoms with van der Waals surface area (Å²) in [6.45, 7) is 9.16. The summed E-state index contributed by atoms with van der Waals surface area (Å²) in [6.07, 6.45) is 5.58. The zero-order chi connectivity index (χ0) is 14.0. The number of nitrogens with zero attached hydrogens (tertiary/aromatic N) is 2. The highest BCUT2D eigenvalue weighted by Gasteiger charge is 2.27. The lowest BCUT2D eigenvalue weighted by Crippen LogP contribution is -2.27. The molecule has 1 fully saturated rings. The molecule has 0 radical (unpaired) electrons. The summed E-state index contributed by atoms with van der Waals surface area (Å²) in [5.74, 6) is 1.73. The van der Waals surface area contributed by atoms with Crippen molar-refractivity contribution in [2.45, 2.75) is 40.0 Å². The fourth-order valence-electron chi connectivity index (χ4n) is 2.89. The number of pyridine rings is 1. The molecule has 0 aromatic carbocycles. The summed E-state index contributed by atoms with van der Waals surface area (Å²) in [4.78, 5) is 6.83. The summed E-state index contributed by atoms with van der Waals surface area (Å²) in [5, 5.41) is 0. The third kappa shape index (κ3) is 3.62. The maximum Gasteiger partial charge on any atom is 0.151 e. The zero-order valence-electron chi connectivity index (χ0n) is 12.1. The Kier molecular flexibility index (Phi) is 4.39. The Morgan fingerprint density at radius 1 is 1.32 bits per heavy atom. The first-order valence-electron chi connectivity index (χ1n) is 7.04. The number of rotatable bonds is 1. The van der Waals surface area contributed by atoms with Crippen molar-refractivity contribution in [1.82, 2.24) is 4.98 Å². The molecule has 19 heavy (non-hydrogen) atoms. The van der Waals surface area contributed by atoms with Gasteiger partial charge in [-0.1, -0.05) is 20.8 Å². The fraction of sp³-hybridized carbons (Fsp3) is 0.667. The van der Waals surface area contributed by atoms with Gasteiger partial charge in [0.25, 0.3) is 0 Å². The van der Waals surface area contributed by atoms with Gasteiger partial charge in [0.15, 0.2) is 5.82 Å². The molecule has 0 aliphatic carbocycles. The Balaban J connectivity index is 2.11. The molecule has 2 heterocycles. The molecule has 1 atom stereocenters. The van der Waals surface area contributed by atoms with Crippen molar-refractivity contribution >= 4 is 27.4 Å². The van der Waals surface area contributed by atoms with Gasteiger partial charge in [-0.05, 0) is 52.6 Å². The van der Waals surface area contributed by atoms with Crippen LogP contribution in [0.1, 0.15) is 40.0 Å². The summed E-state index contributed by atoms with van der Waals surface area (Å²) >= 11 is 3.41. The first-order chi connectivity index (χ1) is 8.88. The maximum absolute atomic E-state index is 6.09. The molecule has 1 aromatic rings. The van der Waals surface area contributed by atoms with Crippen LogP contribution in [0.4, 0.5) is 11.5 Å². The Labute approximate surface area is 124 Å². The SMILES string of the molecule is CC(C)(C)C1CCCN(c2ncc(Br)cc2N)CC1. The number of aromatic nitrogens is 1. The molecule has 1 aromatic heterocycles. The molecule has 1 unspecified atom stereocenters. The largest absolute Gasteiger partial charge is 0.396 e. The first kappa shape index (κ1) is 14.6. The van der Waals surface area contributed by atoms with E-state index in [2.05, 4.69) is 46.6 Å². The van der Waals surface area contributed by atoms with Crippen molar-refractivity contribution in [3.63, 3.8) is 0 Å². The molecule has 0 amide bonds. The summed E-state index contributed by atoms with van der Waals surface area (Å²) in [5.41, 5.74) is 7.25. The predicted octanol–water partition coefficient (Wildman–Crippen LogP) is 4.08. The van der Waals surface area contributed by atoms with Crippen LogP contribution < -0.4 is 10.6 Å². The van der Waals surface area contributed by atoms with Gasteiger partial charge in [-0.25, -0.2) is 4.98 Å². The highest BCUT2D eigenvalue weighted by atomic mass is 79.9. The number of anilines is 2. The fourth-order valence-corrected chi connectivity index (χ4v) is 3.24. The van der Waals surface area contributed by atoms with Gasteiger partial charge in [-0.3, -0.25) is 0 Å². The monoisotopic (exact) mass is 325 g/mol. The van der Waals surface area contributed by atoms with Crippen LogP contribution in [0.25, 0.3) is 0 Å². The molecular formula is C15H24BrN3. The third-order valence-corrected chi connectivity index (χ3v) is 4.55. The van der Waals surface area contributed by atoms with Gasteiger partial charge in [0.05, 0.1) is 5.69 Å².